The van der Waals surface area contributed by atoms with Crippen LogP contribution < -0.4 is 0 Å². The van der Waals surface area contributed by atoms with E-state index in [2.05, 4.69) is 23.9 Å². The Bertz CT molecular complexity index is 477. The van der Waals surface area contributed by atoms with Crippen molar-refractivity contribution >= 4 is 10.9 Å². The third kappa shape index (κ3) is 1.31. The Kier molecular flexibility index (Phi) is 1.83. The maximum Gasteiger partial charge on any atom is 0.0456 e. The van der Waals surface area contributed by atoms with Crippen LogP contribution in [0.15, 0.2) is 24.3 Å². The van der Waals surface area contributed by atoms with Gasteiger partial charge in [-0.25, -0.2) is 0 Å². The molecule has 0 saturated heterocycles. The molecule has 13 heavy (non-hydrogen) atoms. The molecular formula is C12H13N. The van der Waals surface area contributed by atoms with E-state index in [-0.39, 0.29) is 1.43 Å². The van der Waals surface area contributed by atoms with E-state index in [4.69, 9.17) is 6.42 Å². The van der Waals surface area contributed by atoms with Gasteiger partial charge in [0.15, 0.2) is 0 Å². The number of rotatable bonds is 1. The summed E-state index contributed by atoms with van der Waals surface area (Å²) in [4.78, 5) is 3.33. The molecule has 2 rings (SSSR count). The molecular weight excluding hydrogens is 158 g/mol. The molecule has 0 amide bonds. The van der Waals surface area contributed by atoms with E-state index in [1.165, 1.54) is 11.1 Å². The predicted molar refractivity (Wildman–Crippen MR) is 57.7 cm³/mol. The quantitative estimate of drug-likeness (QED) is 0.635. The zero-order valence-electron chi connectivity index (χ0n) is 7.59. The number of fused-ring (bicyclic) bond motifs is 1. The molecule has 1 heteroatoms. The number of aryl methyl sites for hydroxylation is 1. The van der Waals surface area contributed by atoms with Gasteiger partial charge in [0.2, 0.25) is 0 Å². The van der Waals surface area contributed by atoms with Crippen LogP contribution in [0.25, 0.3) is 10.9 Å². The van der Waals surface area contributed by atoms with E-state index < -0.39 is 0 Å². The third-order valence-corrected chi connectivity index (χ3v) is 2.22. The number of nitrogens with one attached hydrogen (secondary N) is 1. The normalized spacial score (nSPS) is 10.2. The fourth-order valence-electron chi connectivity index (χ4n) is 1.47. The van der Waals surface area contributed by atoms with Crippen LogP contribution in [-0.2, 0) is 6.42 Å². The van der Waals surface area contributed by atoms with Gasteiger partial charge in [0.05, 0.1) is 0 Å². The molecule has 0 atom stereocenters. The minimum absolute atomic E-state index is 0. The van der Waals surface area contributed by atoms with Gasteiger partial charge in [-0.2, -0.15) is 0 Å². The molecule has 0 aliphatic heterocycles. The van der Waals surface area contributed by atoms with Crippen LogP contribution in [0, 0.1) is 12.3 Å². The summed E-state index contributed by atoms with van der Waals surface area (Å²) >= 11 is 0. The highest BCUT2D eigenvalue weighted by molar-refractivity contribution is 5.81. The second-order valence-electron chi connectivity index (χ2n) is 3.09. The fraction of sp³-hybridized carbons (Fsp3) is 0.167. The molecule has 1 N–H and O–H groups in total. The van der Waals surface area contributed by atoms with Crippen LogP contribution >= 0.6 is 0 Å². The van der Waals surface area contributed by atoms with E-state index in [1.54, 1.807) is 0 Å². The largest absolute Gasteiger partial charge is 0.358 e. The minimum atomic E-state index is 0. The minimum Gasteiger partial charge on any atom is -0.358 e. The first kappa shape index (κ1) is 7.94. The SMILES string of the molecule is C#Cc1ccc2[nH]c(CC)cc2c1.[HH]. The van der Waals surface area contributed by atoms with Gasteiger partial charge < -0.3 is 4.98 Å². The molecule has 0 spiro atoms. The number of benzene rings is 1. The summed E-state index contributed by atoms with van der Waals surface area (Å²) in [5, 5.41) is 1.20. The van der Waals surface area contributed by atoms with Gasteiger partial charge in [-0.05, 0) is 30.7 Å². The highest BCUT2D eigenvalue weighted by Crippen LogP contribution is 2.16. The molecule has 0 saturated carbocycles. The van der Waals surface area contributed by atoms with Crippen molar-refractivity contribution in [2.45, 2.75) is 13.3 Å². The lowest BCUT2D eigenvalue weighted by Gasteiger charge is -1.90. The van der Waals surface area contributed by atoms with Crippen molar-refractivity contribution in [3.05, 3.63) is 35.5 Å². The molecule has 66 valence electrons. The second kappa shape index (κ2) is 2.99. The van der Waals surface area contributed by atoms with Crippen molar-refractivity contribution < 1.29 is 1.43 Å². The Balaban J connectivity index is 0.000000980. The summed E-state index contributed by atoms with van der Waals surface area (Å²) in [5.41, 5.74) is 3.36. The molecule has 0 radical (unpaired) electrons. The van der Waals surface area contributed by atoms with E-state index in [0.29, 0.717) is 0 Å². The van der Waals surface area contributed by atoms with Gasteiger partial charge in [-0.15, -0.1) is 6.42 Å². The van der Waals surface area contributed by atoms with Crippen LogP contribution in [0.2, 0.25) is 0 Å². The molecule has 0 fully saturated rings. The van der Waals surface area contributed by atoms with Crippen LogP contribution in [0.5, 0.6) is 0 Å². The van der Waals surface area contributed by atoms with Crippen LogP contribution in [0.4, 0.5) is 0 Å². The monoisotopic (exact) mass is 171 g/mol. The summed E-state index contributed by atoms with van der Waals surface area (Å²) in [5.74, 6) is 2.63. The molecule has 0 aliphatic rings. The van der Waals surface area contributed by atoms with Gasteiger partial charge in [0.25, 0.3) is 0 Å². The zero-order valence-corrected chi connectivity index (χ0v) is 7.59. The van der Waals surface area contributed by atoms with Crippen molar-refractivity contribution in [3.8, 4) is 12.3 Å². The first-order valence-corrected chi connectivity index (χ1v) is 4.41. The lowest BCUT2D eigenvalue weighted by atomic mass is 10.1. The molecule has 1 aromatic carbocycles. The average Bonchev–Trinajstić information content (AvgIpc) is 2.58. The Morgan fingerprint density at radius 2 is 2.31 bits per heavy atom. The van der Waals surface area contributed by atoms with Gasteiger partial charge in [-0.1, -0.05) is 12.8 Å². The van der Waals surface area contributed by atoms with Crippen molar-refractivity contribution in [2.75, 3.05) is 0 Å². The van der Waals surface area contributed by atoms with Gasteiger partial charge in [-0.3, -0.25) is 0 Å². The second-order valence-corrected chi connectivity index (χ2v) is 3.09. The first-order chi connectivity index (χ1) is 6.33. The molecule has 1 aromatic heterocycles. The summed E-state index contributed by atoms with van der Waals surface area (Å²) < 4.78 is 0. The van der Waals surface area contributed by atoms with E-state index in [9.17, 15) is 0 Å². The van der Waals surface area contributed by atoms with Gasteiger partial charge >= 0.3 is 0 Å². The third-order valence-electron chi connectivity index (χ3n) is 2.22. The standard InChI is InChI=1S/C12H11N.H2/c1-3-9-5-6-12-10(7-9)8-11(4-2)13-12;/h1,5-8,13H,4H2,2H3;1H. The number of hydrogen-bond acceptors (Lipinski definition) is 0. The maximum absolute atomic E-state index is 5.32. The van der Waals surface area contributed by atoms with E-state index in [1.807, 2.05) is 18.2 Å². The predicted octanol–water partition coefficient (Wildman–Crippen LogP) is 2.96. The van der Waals surface area contributed by atoms with Crippen molar-refractivity contribution in [1.82, 2.24) is 4.98 Å². The topological polar surface area (TPSA) is 15.8 Å². The molecule has 0 unspecified atom stereocenters. The fourth-order valence-corrected chi connectivity index (χ4v) is 1.47. The van der Waals surface area contributed by atoms with E-state index >= 15 is 0 Å². The maximum atomic E-state index is 5.32. The molecule has 2 aromatic rings. The Morgan fingerprint density at radius 3 is 3.00 bits per heavy atom. The number of hydrogen-bond donors (Lipinski definition) is 1. The number of terminal acetylenes is 1. The highest BCUT2D eigenvalue weighted by atomic mass is 14.7. The van der Waals surface area contributed by atoms with Crippen LogP contribution in [-0.4, -0.2) is 4.98 Å². The first-order valence-electron chi connectivity index (χ1n) is 4.41. The van der Waals surface area contributed by atoms with E-state index in [0.717, 1.165) is 17.5 Å². The van der Waals surface area contributed by atoms with Crippen molar-refractivity contribution in [2.24, 2.45) is 0 Å². The summed E-state index contributed by atoms with van der Waals surface area (Å²) in [6.45, 7) is 2.13. The summed E-state index contributed by atoms with van der Waals surface area (Å²) in [7, 11) is 0. The summed E-state index contributed by atoms with van der Waals surface area (Å²) in [6.07, 6.45) is 6.35. The smallest absolute Gasteiger partial charge is 0.0456 e. The van der Waals surface area contributed by atoms with Gasteiger partial charge in [0, 0.05) is 23.6 Å². The molecule has 0 bridgehead atoms. The highest BCUT2D eigenvalue weighted by Gasteiger charge is 1.98. The Labute approximate surface area is 79.3 Å². The lowest BCUT2D eigenvalue weighted by Crippen LogP contribution is -1.75. The van der Waals surface area contributed by atoms with Crippen molar-refractivity contribution in [1.29, 1.82) is 0 Å². The summed E-state index contributed by atoms with van der Waals surface area (Å²) in [6, 6.07) is 8.17. The zero-order chi connectivity index (χ0) is 9.26. The van der Waals surface area contributed by atoms with Gasteiger partial charge in [0.1, 0.15) is 0 Å². The molecule has 1 nitrogen and oxygen atoms in total. The number of aromatic amines is 1. The Morgan fingerprint density at radius 1 is 1.46 bits per heavy atom. The number of H-pyrrole nitrogens is 1. The molecule has 0 aliphatic carbocycles. The molecule has 1 heterocycles. The Hall–Kier alpha value is -1.68. The lowest BCUT2D eigenvalue weighted by molar-refractivity contribution is 1.07. The van der Waals surface area contributed by atoms with Crippen molar-refractivity contribution in [3.63, 3.8) is 0 Å². The average molecular weight is 171 g/mol. The van der Waals surface area contributed by atoms with Crippen LogP contribution in [0.3, 0.4) is 0 Å². The number of aromatic nitrogens is 1. The van der Waals surface area contributed by atoms with Crippen LogP contribution in [0.1, 0.15) is 19.6 Å².